The lowest BCUT2D eigenvalue weighted by atomic mass is 10.0. The van der Waals surface area contributed by atoms with Crippen molar-refractivity contribution in [3.8, 4) is 101 Å². The van der Waals surface area contributed by atoms with Gasteiger partial charge in [-0.1, -0.05) is 364 Å². The minimum absolute atomic E-state index is 0.922. The second-order valence-corrected chi connectivity index (χ2v) is 39.7. The van der Waals surface area contributed by atoms with E-state index in [-0.39, 0.29) is 0 Å². The Kier molecular flexibility index (Phi) is 20.9. The summed E-state index contributed by atoms with van der Waals surface area (Å²) in [6.07, 6.45) is 0. The first-order valence-corrected chi connectivity index (χ1v) is 51.3. The fourth-order valence-corrected chi connectivity index (χ4v) is 24.7. The Balaban J connectivity index is 0.0000000945. The summed E-state index contributed by atoms with van der Waals surface area (Å²) in [5.74, 6) is 0. The number of para-hydroxylation sites is 8. The van der Waals surface area contributed by atoms with Crippen LogP contribution in [0, 0.1) is 0 Å². The maximum Gasteiger partial charge on any atom is 0.143 e. The number of furan rings is 2. The summed E-state index contributed by atoms with van der Waals surface area (Å²) in [4.78, 5) is 0. The average molecular weight is 1900 g/mol. The highest BCUT2D eigenvalue weighted by Gasteiger charge is 2.24. The van der Waals surface area contributed by atoms with E-state index in [4.69, 9.17) is 8.83 Å². The normalized spacial score (nSPS) is 11.7. The Labute approximate surface area is 849 Å². The smallest absolute Gasteiger partial charge is 0.143 e. The molecule has 0 aliphatic heterocycles. The van der Waals surface area contributed by atoms with Crippen molar-refractivity contribution in [3.63, 3.8) is 0 Å². The molecule has 0 amide bonds. The molecule has 23 aromatic carbocycles. The van der Waals surface area contributed by atoms with Gasteiger partial charge in [0, 0.05) is 133 Å². The van der Waals surface area contributed by atoms with Crippen molar-refractivity contribution >= 4 is 194 Å². The summed E-state index contributed by atoms with van der Waals surface area (Å²) in [5, 5.41) is 20.1. The van der Waals surface area contributed by atoms with Crippen LogP contribution in [-0.2, 0) is 0 Å². The van der Waals surface area contributed by atoms with E-state index in [0.717, 1.165) is 60.7 Å². The first-order chi connectivity index (χ1) is 72.4. The highest BCUT2D eigenvalue weighted by molar-refractivity contribution is 7.26. The molecular weight excluding hydrogens is 1810 g/mol. The van der Waals surface area contributed by atoms with Crippen LogP contribution in [0.3, 0.4) is 0 Å². The van der Waals surface area contributed by atoms with Crippen LogP contribution in [0.1, 0.15) is 0 Å². The van der Waals surface area contributed by atoms with Crippen LogP contribution in [-0.4, -0.2) is 18.3 Å². The summed E-state index contributed by atoms with van der Waals surface area (Å²) in [6, 6.07) is 192. The Hall–Kier alpha value is -18.7. The zero-order valence-corrected chi connectivity index (χ0v) is 80.9. The molecule has 31 rings (SSSR count). The van der Waals surface area contributed by atoms with Crippen LogP contribution < -0.4 is 0 Å². The number of thiophene rings is 2. The third-order valence-electron chi connectivity index (χ3n) is 29.2. The second kappa shape index (κ2) is 35.8. The molecular formula is C138H88N4O2S2. The van der Waals surface area contributed by atoms with Gasteiger partial charge >= 0.3 is 0 Å². The van der Waals surface area contributed by atoms with Gasteiger partial charge in [-0.05, 0) is 242 Å². The Morgan fingerprint density at radius 3 is 0.897 bits per heavy atom. The minimum Gasteiger partial charge on any atom is -0.456 e. The summed E-state index contributed by atoms with van der Waals surface area (Å²) < 4.78 is 27.3. The van der Waals surface area contributed by atoms with E-state index in [0.29, 0.717) is 0 Å². The Morgan fingerprint density at radius 2 is 0.418 bits per heavy atom. The van der Waals surface area contributed by atoms with Crippen LogP contribution >= 0.6 is 22.7 Å². The number of rotatable bonds is 11. The SMILES string of the molecule is c1ccc(-c2cccc(-n3c4ccccc4c4cc(-c5ccc6sc7ccccc7c6c5)ccc43)c2)cc1.c1ccc(-c2cccc(-n3c4ccccc4c4cc(-c5cccc6c5oc5ccccc56)ccc43)c2)cc1.c1ccc(-c2cccc(-n3c4ccccc4c4cc(-c5cccc6c5sc5ccccc56)ccc43)c2)cc1.c1ccc(-n2c3ccccc3c3cc(-c4ccc5oc6ccccc6c5c4)ccc32)cc1. The van der Waals surface area contributed by atoms with Crippen LogP contribution in [0.25, 0.3) is 272 Å². The van der Waals surface area contributed by atoms with Crippen molar-refractivity contribution < 1.29 is 8.83 Å². The molecule has 0 aliphatic carbocycles. The van der Waals surface area contributed by atoms with E-state index < -0.39 is 0 Å². The molecule has 0 saturated carbocycles. The van der Waals surface area contributed by atoms with Crippen molar-refractivity contribution in [1.82, 2.24) is 18.3 Å². The number of benzene rings is 23. The molecule has 0 atom stereocenters. The maximum atomic E-state index is 6.36. The molecule has 6 nitrogen and oxygen atoms in total. The Morgan fingerprint density at radius 1 is 0.137 bits per heavy atom. The molecule has 8 heterocycles. The minimum atomic E-state index is 0.922. The molecule has 0 bridgehead atoms. The zero-order valence-electron chi connectivity index (χ0n) is 79.2. The molecule has 0 radical (unpaired) electrons. The maximum absolute atomic E-state index is 6.36. The number of hydrogen-bond donors (Lipinski definition) is 0. The fraction of sp³-hybridized carbons (Fsp3) is 0. The molecule has 8 aromatic heterocycles. The second-order valence-electron chi connectivity index (χ2n) is 37.6. The van der Waals surface area contributed by atoms with Gasteiger partial charge in [0.1, 0.15) is 22.3 Å². The third kappa shape index (κ3) is 14.8. The summed E-state index contributed by atoms with van der Waals surface area (Å²) in [5.41, 5.74) is 35.2. The lowest BCUT2D eigenvalue weighted by Crippen LogP contribution is -1.94. The molecule has 0 N–H and O–H groups in total. The van der Waals surface area contributed by atoms with Gasteiger partial charge in [-0.2, -0.15) is 0 Å². The lowest BCUT2D eigenvalue weighted by molar-refractivity contribution is 0.669. The van der Waals surface area contributed by atoms with Gasteiger partial charge in [-0.3, -0.25) is 0 Å². The standard InChI is InChI=1S/C36H23NO.2C36H23NS.C30H19NO/c2*1-2-10-24(11-3-1)25-12-8-13-27(22-25)37-33-18-6-4-14-29(33)32-23-26(20-21-34(32)37)28-16-9-17-31-30-15-5-7-19-35(30)38-36(28)31;1-2-9-24(10-3-1)25-11-8-12-28(21-25)37-33-15-6-4-13-29(33)31-22-26(17-19-34(31)37)27-18-20-36-32(23-27)30-14-5-7-16-35(30)38-36;1-2-8-22(9-3-1)31-27-12-6-4-10-23(27)25-18-20(14-16-28(25)31)21-15-17-30-26(19-21)24-11-5-7-13-29(24)32-30/h3*1-23H;1-19H. The Bertz CT molecular complexity index is 10200. The van der Waals surface area contributed by atoms with Crippen molar-refractivity contribution in [2.45, 2.75) is 0 Å². The number of fused-ring (bicyclic) bond motifs is 24. The molecule has 684 valence electrons. The van der Waals surface area contributed by atoms with E-state index in [2.05, 4.69) is 528 Å². The largest absolute Gasteiger partial charge is 0.456 e. The van der Waals surface area contributed by atoms with E-state index in [1.807, 2.05) is 46.9 Å². The zero-order chi connectivity index (χ0) is 96.2. The van der Waals surface area contributed by atoms with Gasteiger partial charge in [-0.25, -0.2) is 0 Å². The van der Waals surface area contributed by atoms with Gasteiger partial charge in [0.05, 0.1) is 44.1 Å². The number of hydrogen-bond acceptors (Lipinski definition) is 4. The van der Waals surface area contributed by atoms with Gasteiger partial charge in [0.15, 0.2) is 0 Å². The lowest BCUT2D eigenvalue weighted by Gasteiger charge is -2.11. The summed E-state index contributed by atoms with van der Waals surface area (Å²) in [6.45, 7) is 0. The highest BCUT2D eigenvalue weighted by Crippen LogP contribution is 2.48. The van der Waals surface area contributed by atoms with Crippen molar-refractivity contribution in [1.29, 1.82) is 0 Å². The van der Waals surface area contributed by atoms with Crippen LogP contribution in [0.4, 0.5) is 0 Å². The van der Waals surface area contributed by atoms with Gasteiger partial charge in [-0.15, -0.1) is 22.7 Å². The molecule has 31 aromatic rings. The fourth-order valence-electron chi connectivity index (χ4n) is 22.4. The van der Waals surface area contributed by atoms with E-state index in [1.54, 1.807) is 0 Å². The molecule has 8 heteroatoms. The molecule has 146 heavy (non-hydrogen) atoms. The molecule has 0 saturated heterocycles. The van der Waals surface area contributed by atoms with Crippen LogP contribution in [0.5, 0.6) is 0 Å². The highest BCUT2D eigenvalue weighted by atomic mass is 32.1. The average Bonchev–Trinajstić information content (AvgIpc) is 1.57. The van der Waals surface area contributed by atoms with E-state index in [9.17, 15) is 0 Å². The third-order valence-corrected chi connectivity index (χ3v) is 31.6. The quantitative estimate of drug-likeness (QED) is 0.130. The predicted molar refractivity (Wildman–Crippen MR) is 622 cm³/mol. The molecule has 0 fully saturated rings. The monoisotopic (exact) mass is 1900 g/mol. The van der Waals surface area contributed by atoms with Crippen LogP contribution in [0.15, 0.2) is 543 Å². The number of aromatic nitrogens is 4. The topological polar surface area (TPSA) is 46.0 Å². The number of nitrogens with zero attached hydrogens (tertiary/aromatic N) is 4. The molecule has 0 aliphatic rings. The summed E-state index contributed by atoms with van der Waals surface area (Å²) >= 11 is 3.76. The van der Waals surface area contributed by atoms with Crippen molar-refractivity contribution in [2.75, 3.05) is 0 Å². The van der Waals surface area contributed by atoms with Gasteiger partial charge in [0.2, 0.25) is 0 Å². The van der Waals surface area contributed by atoms with Gasteiger partial charge < -0.3 is 27.1 Å². The predicted octanol–water partition coefficient (Wildman–Crippen LogP) is 39.3. The molecule has 0 unspecified atom stereocenters. The first-order valence-electron chi connectivity index (χ1n) is 49.7. The van der Waals surface area contributed by atoms with Crippen molar-refractivity contribution in [2.24, 2.45) is 0 Å². The van der Waals surface area contributed by atoms with Gasteiger partial charge in [0.25, 0.3) is 0 Å². The first kappa shape index (κ1) is 85.3. The van der Waals surface area contributed by atoms with Crippen molar-refractivity contribution in [3.05, 3.63) is 534 Å². The molecule has 0 spiro atoms. The van der Waals surface area contributed by atoms with E-state index >= 15 is 0 Å². The van der Waals surface area contributed by atoms with E-state index in [1.165, 1.54) is 211 Å². The summed E-state index contributed by atoms with van der Waals surface area (Å²) in [7, 11) is 0. The van der Waals surface area contributed by atoms with Crippen LogP contribution in [0.2, 0.25) is 0 Å².